The first kappa shape index (κ1) is 18.4. The summed E-state index contributed by atoms with van der Waals surface area (Å²) < 4.78 is 16.5. The first-order chi connectivity index (χ1) is 9.91. The van der Waals surface area contributed by atoms with E-state index in [2.05, 4.69) is 19.2 Å². The third-order valence-corrected chi connectivity index (χ3v) is 4.03. The van der Waals surface area contributed by atoms with Crippen molar-refractivity contribution in [1.82, 2.24) is 5.32 Å². The number of rotatable bonds is 8. The molecule has 21 heavy (non-hydrogen) atoms. The topological polar surface area (TPSA) is 56.8 Å². The van der Waals surface area contributed by atoms with Crippen LogP contribution in [-0.4, -0.2) is 50.1 Å². The van der Waals surface area contributed by atoms with Crippen LogP contribution in [0.25, 0.3) is 0 Å². The van der Waals surface area contributed by atoms with Crippen LogP contribution < -0.4 is 5.32 Å². The number of carbonyl (C=O) groups excluding carboxylic acids is 1. The van der Waals surface area contributed by atoms with E-state index in [-0.39, 0.29) is 24.3 Å². The molecule has 3 unspecified atom stereocenters. The number of nitrogens with one attached hydrogen (secondary N) is 1. The van der Waals surface area contributed by atoms with E-state index in [1.807, 2.05) is 13.8 Å². The number of likely N-dealkylation sites (N-methyl/N-ethyl adjacent to an activating group) is 1. The molecular weight excluding hydrogens is 270 g/mol. The molecule has 1 aliphatic heterocycles. The van der Waals surface area contributed by atoms with E-state index in [0.29, 0.717) is 13.0 Å². The van der Waals surface area contributed by atoms with Gasteiger partial charge in [-0.25, -0.2) is 0 Å². The molecule has 0 aliphatic carbocycles. The van der Waals surface area contributed by atoms with Gasteiger partial charge in [0.25, 0.3) is 0 Å². The summed E-state index contributed by atoms with van der Waals surface area (Å²) in [4.78, 5) is 11.9. The van der Waals surface area contributed by atoms with Crippen molar-refractivity contribution in [3.05, 3.63) is 0 Å². The zero-order valence-electron chi connectivity index (χ0n) is 14.1. The zero-order chi connectivity index (χ0) is 15.9. The monoisotopic (exact) mass is 301 g/mol. The quantitative estimate of drug-likeness (QED) is 0.550. The Balaban J connectivity index is 2.32. The molecule has 0 aromatic rings. The molecule has 0 spiro atoms. The Morgan fingerprint density at radius 3 is 2.48 bits per heavy atom. The van der Waals surface area contributed by atoms with Gasteiger partial charge >= 0.3 is 5.97 Å². The van der Waals surface area contributed by atoms with Gasteiger partial charge in [-0.1, -0.05) is 6.92 Å². The molecular formula is C16H31NO4. The first-order valence-electron chi connectivity index (χ1n) is 8.01. The molecule has 0 amide bonds. The smallest absolute Gasteiger partial charge is 0.325 e. The predicted octanol–water partition coefficient (Wildman–Crippen LogP) is 2.28. The second kappa shape index (κ2) is 8.71. The third-order valence-electron chi connectivity index (χ3n) is 4.03. The van der Waals surface area contributed by atoms with Gasteiger partial charge in [-0.2, -0.15) is 0 Å². The van der Waals surface area contributed by atoms with E-state index in [0.717, 1.165) is 25.8 Å². The fraction of sp³-hybridized carbons (Fsp3) is 0.938. The Bertz CT molecular complexity index is 313. The molecule has 1 saturated heterocycles. The average Bonchev–Trinajstić information content (AvgIpc) is 2.42. The lowest BCUT2D eigenvalue weighted by Crippen LogP contribution is -2.50. The summed E-state index contributed by atoms with van der Waals surface area (Å²) in [6.07, 6.45) is 4.24. The van der Waals surface area contributed by atoms with Gasteiger partial charge in [-0.05, 0) is 53.0 Å². The largest absolute Gasteiger partial charge is 0.468 e. The van der Waals surface area contributed by atoms with E-state index in [9.17, 15) is 4.79 Å². The summed E-state index contributed by atoms with van der Waals surface area (Å²) in [6.45, 7) is 9.46. The lowest BCUT2D eigenvalue weighted by atomic mass is 9.96. The molecule has 0 bridgehead atoms. The number of methoxy groups -OCH3 is 1. The minimum absolute atomic E-state index is 0.210. The van der Waals surface area contributed by atoms with E-state index in [1.54, 1.807) is 0 Å². The molecule has 0 radical (unpaired) electrons. The maximum Gasteiger partial charge on any atom is 0.325 e. The fourth-order valence-electron chi connectivity index (χ4n) is 3.03. The summed E-state index contributed by atoms with van der Waals surface area (Å²) >= 11 is 0. The molecule has 5 nitrogen and oxygen atoms in total. The molecule has 5 heteroatoms. The van der Waals surface area contributed by atoms with Gasteiger partial charge in [0.05, 0.1) is 25.4 Å². The Morgan fingerprint density at radius 2 is 1.95 bits per heavy atom. The highest BCUT2D eigenvalue weighted by Gasteiger charge is 2.33. The van der Waals surface area contributed by atoms with Gasteiger partial charge in [-0.15, -0.1) is 0 Å². The van der Waals surface area contributed by atoms with Crippen molar-refractivity contribution in [2.24, 2.45) is 0 Å². The van der Waals surface area contributed by atoms with E-state index >= 15 is 0 Å². The lowest BCUT2D eigenvalue weighted by molar-refractivity contribution is -0.148. The van der Waals surface area contributed by atoms with Crippen LogP contribution >= 0.6 is 0 Å². The Hall–Kier alpha value is -0.650. The molecule has 0 saturated carbocycles. The second-order valence-electron chi connectivity index (χ2n) is 6.18. The van der Waals surface area contributed by atoms with Gasteiger partial charge in [0, 0.05) is 6.61 Å². The van der Waals surface area contributed by atoms with Gasteiger partial charge in [0.2, 0.25) is 0 Å². The number of ether oxygens (including phenoxy) is 3. The van der Waals surface area contributed by atoms with Gasteiger partial charge in [-0.3, -0.25) is 4.79 Å². The van der Waals surface area contributed by atoms with Crippen LogP contribution in [0.15, 0.2) is 0 Å². The molecule has 1 fully saturated rings. The van der Waals surface area contributed by atoms with Crippen LogP contribution in [0, 0.1) is 0 Å². The molecule has 0 aromatic heterocycles. The highest BCUT2D eigenvalue weighted by Crippen LogP contribution is 2.22. The lowest BCUT2D eigenvalue weighted by Gasteiger charge is -2.32. The predicted molar refractivity (Wildman–Crippen MR) is 82.3 cm³/mol. The van der Waals surface area contributed by atoms with Crippen LogP contribution in [0.1, 0.15) is 53.4 Å². The normalized spacial score (nSPS) is 28.9. The minimum Gasteiger partial charge on any atom is -0.468 e. The third kappa shape index (κ3) is 5.93. The van der Waals surface area contributed by atoms with Crippen LogP contribution in [0.3, 0.4) is 0 Å². The highest BCUT2D eigenvalue weighted by atomic mass is 16.5. The van der Waals surface area contributed by atoms with Gasteiger partial charge in [0.1, 0.15) is 5.54 Å². The zero-order valence-corrected chi connectivity index (χ0v) is 14.1. The summed E-state index contributed by atoms with van der Waals surface area (Å²) in [6, 6.07) is 0. The Kier molecular flexibility index (Phi) is 7.63. The summed E-state index contributed by atoms with van der Waals surface area (Å²) in [5.74, 6) is -0.210. The van der Waals surface area contributed by atoms with Gasteiger partial charge < -0.3 is 19.5 Å². The summed E-state index contributed by atoms with van der Waals surface area (Å²) in [5.41, 5.74) is -0.622. The van der Waals surface area contributed by atoms with E-state index in [1.165, 1.54) is 7.11 Å². The number of esters is 1. The van der Waals surface area contributed by atoms with Crippen LogP contribution in [-0.2, 0) is 19.0 Å². The van der Waals surface area contributed by atoms with Crippen LogP contribution in [0.2, 0.25) is 0 Å². The highest BCUT2D eigenvalue weighted by molar-refractivity contribution is 5.80. The molecule has 1 aliphatic rings. The summed E-state index contributed by atoms with van der Waals surface area (Å²) in [7, 11) is 1.43. The average molecular weight is 301 g/mol. The van der Waals surface area contributed by atoms with Crippen molar-refractivity contribution < 1.29 is 19.0 Å². The number of carbonyl (C=O) groups is 1. The van der Waals surface area contributed by atoms with Crippen molar-refractivity contribution >= 4 is 5.97 Å². The van der Waals surface area contributed by atoms with Crippen molar-refractivity contribution in [3.8, 4) is 0 Å². The molecule has 1 heterocycles. The number of hydrogen-bond donors (Lipinski definition) is 1. The van der Waals surface area contributed by atoms with Crippen molar-refractivity contribution in [1.29, 1.82) is 0 Å². The second-order valence-corrected chi connectivity index (χ2v) is 6.18. The molecule has 3 atom stereocenters. The van der Waals surface area contributed by atoms with Crippen molar-refractivity contribution in [2.45, 2.75) is 77.2 Å². The van der Waals surface area contributed by atoms with E-state index < -0.39 is 5.54 Å². The number of hydrogen-bond acceptors (Lipinski definition) is 5. The van der Waals surface area contributed by atoms with E-state index in [4.69, 9.17) is 14.2 Å². The molecule has 124 valence electrons. The molecule has 1 N–H and O–H groups in total. The minimum atomic E-state index is -0.622. The van der Waals surface area contributed by atoms with Crippen LogP contribution in [0.4, 0.5) is 0 Å². The Morgan fingerprint density at radius 1 is 1.33 bits per heavy atom. The summed E-state index contributed by atoms with van der Waals surface area (Å²) in [5, 5.41) is 3.21. The first-order valence-corrected chi connectivity index (χ1v) is 8.01. The van der Waals surface area contributed by atoms with Crippen LogP contribution in [0.5, 0.6) is 0 Å². The molecule has 1 rings (SSSR count). The van der Waals surface area contributed by atoms with Gasteiger partial charge in [0.15, 0.2) is 0 Å². The van der Waals surface area contributed by atoms with Crippen molar-refractivity contribution in [2.75, 3.05) is 20.3 Å². The fourth-order valence-corrected chi connectivity index (χ4v) is 3.03. The SMILES string of the molecule is CCNC(C)(CCCOC1CC(C)OC(C)C1)C(=O)OC. The Labute approximate surface area is 128 Å². The standard InChI is InChI=1S/C16H31NO4/c1-6-17-16(4,15(18)19-5)8-7-9-20-14-10-12(2)21-13(3)11-14/h12-14,17H,6-11H2,1-5H3. The molecule has 0 aromatic carbocycles. The maximum atomic E-state index is 11.9. The van der Waals surface area contributed by atoms with Crippen molar-refractivity contribution in [3.63, 3.8) is 0 Å². The maximum absolute atomic E-state index is 11.9.